The molecule has 3 nitrogen and oxygen atoms in total. The monoisotopic (exact) mass is 335 g/mol. The van der Waals surface area contributed by atoms with Crippen LogP contribution in [-0.4, -0.2) is 43.7 Å². The lowest BCUT2D eigenvalue weighted by atomic mass is 9.84. The fourth-order valence-electron chi connectivity index (χ4n) is 3.93. The van der Waals surface area contributed by atoms with E-state index in [1.165, 1.54) is 49.9 Å². The summed E-state index contributed by atoms with van der Waals surface area (Å²) < 4.78 is 0. The van der Waals surface area contributed by atoms with Gasteiger partial charge in [-0.2, -0.15) is 0 Å². The van der Waals surface area contributed by atoms with Crippen LogP contribution in [0.4, 0.5) is 5.69 Å². The summed E-state index contributed by atoms with van der Waals surface area (Å²) in [7, 11) is 0. The molecule has 1 aliphatic carbocycles. The molecule has 4 heteroatoms. The van der Waals surface area contributed by atoms with Crippen LogP contribution < -0.4 is 10.6 Å². The first-order chi connectivity index (χ1) is 11.1. The summed E-state index contributed by atoms with van der Waals surface area (Å²) >= 11 is 6.47. The minimum absolute atomic E-state index is 0.467. The summed E-state index contributed by atoms with van der Waals surface area (Å²) in [6, 6.07) is 6.80. The highest BCUT2D eigenvalue weighted by Crippen LogP contribution is 2.30. The number of hydrogen-bond donors (Lipinski definition) is 1. The van der Waals surface area contributed by atoms with Crippen LogP contribution in [0.15, 0.2) is 18.2 Å². The molecule has 2 N–H and O–H groups in total. The van der Waals surface area contributed by atoms with Crippen molar-refractivity contribution in [2.75, 3.05) is 37.6 Å². The van der Waals surface area contributed by atoms with Crippen molar-refractivity contribution < 1.29 is 0 Å². The molecule has 0 spiro atoms. The van der Waals surface area contributed by atoms with Crippen LogP contribution in [0.25, 0.3) is 0 Å². The van der Waals surface area contributed by atoms with Crippen LogP contribution in [0.1, 0.15) is 37.7 Å². The van der Waals surface area contributed by atoms with E-state index < -0.39 is 0 Å². The Labute approximate surface area is 145 Å². The number of benzene rings is 1. The van der Waals surface area contributed by atoms with E-state index >= 15 is 0 Å². The first-order valence-corrected chi connectivity index (χ1v) is 9.49. The SMILES string of the molecule is Cc1cccc(N2CCN(CCC3CCC(N)CC3)CC2)c1Cl. The Morgan fingerprint density at radius 2 is 1.78 bits per heavy atom. The van der Waals surface area contributed by atoms with Gasteiger partial charge in [-0.3, -0.25) is 4.90 Å². The van der Waals surface area contributed by atoms with Crippen LogP contribution in [0.5, 0.6) is 0 Å². The van der Waals surface area contributed by atoms with E-state index in [0.717, 1.165) is 37.1 Å². The highest BCUT2D eigenvalue weighted by molar-refractivity contribution is 6.34. The van der Waals surface area contributed by atoms with Gasteiger partial charge in [0.05, 0.1) is 10.7 Å². The van der Waals surface area contributed by atoms with Gasteiger partial charge in [-0.1, -0.05) is 23.7 Å². The predicted octanol–water partition coefficient (Wildman–Crippen LogP) is 3.68. The number of rotatable bonds is 4. The van der Waals surface area contributed by atoms with Gasteiger partial charge < -0.3 is 10.6 Å². The Kier molecular flexibility index (Phi) is 5.84. The molecule has 2 fully saturated rings. The van der Waals surface area contributed by atoms with Crippen molar-refractivity contribution in [1.82, 2.24) is 4.90 Å². The first kappa shape index (κ1) is 17.1. The molecule has 0 aromatic heterocycles. The lowest BCUT2D eigenvalue weighted by molar-refractivity contribution is 0.217. The van der Waals surface area contributed by atoms with Crippen LogP contribution >= 0.6 is 11.6 Å². The van der Waals surface area contributed by atoms with Gasteiger partial charge in [-0.05, 0) is 63.1 Å². The third-order valence-corrected chi connectivity index (χ3v) is 6.12. The number of halogens is 1. The average Bonchev–Trinajstić information content (AvgIpc) is 2.57. The third-order valence-electron chi connectivity index (χ3n) is 5.63. The fraction of sp³-hybridized carbons (Fsp3) is 0.684. The molecule has 0 bridgehead atoms. The molecular formula is C19H30ClN3. The molecule has 3 rings (SSSR count). The van der Waals surface area contributed by atoms with E-state index in [2.05, 4.69) is 34.9 Å². The van der Waals surface area contributed by atoms with Gasteiger partial charge in [-0.25, -0.2) is 0 Å². The molecule has 1 heterocycles. The van der Waals surface area contributed by atoms with Gasteiger partial charge in [0.1, 0.15) is 0 Å². The zero-order valence-corrected chi connectivity index (χ0v) is 15.1. The quantitative estimate of drug-likeness (QED) is 0.911. The van der Waals surface area contributed by atoms with Gasteiger partial charge in [0.2, 0.25) is 0 Å². The first-order valence-electron chi connectivity index (χ1n) is 9.11. The summed E-state index contributed by atoms with van der Waals surface area (Å²) in [5.74, 6) is 0.902. The minimum atomic E-state index is 0.467. The topological polar surface area (TPSA) is 32.5 Å². The van der Waals surface area contributed by atoms with Crippen molar-refractivity contribution in [1.29, 1.82) is 0 Å². The maximum atomic E-state index is 6.47. The van der Waals surface area contributed by atoms with Crippen molar-refractivity contribution in [3.8, 4) is 0 Å². The summed E-state index contributed by atoms with van der Waals surface area (Å²) in [6.45, 7) is 7.79. The molecule has 128 valence electrons. The van der Waals surface area contributed by atoms with Crippen LogP contribution in [-0.2, 0) is 0 Å². The van der Waals surface area contributed by atoms with Gasteiger partial charge in [0.25, 0.3) is 0 Å². The Morgan fingerprint density at radius 1 is 1.09 bits per heavy atom. The van der Waals surface area contributed by atoms with Crippen LogP contribution in [0.2, 0.25) is 5.02 Å². The normalized spacial score (nSPS) is 26.5. The molecule has 1 saturated heterocycles. The maximum Gasteiger partial charge on any atom is 0.0668 e. The molecular weight excluding hydrogens is 306 g/mol. The number of nitrogens with two attached hydrogens (primary N) is 1. The molecule has 1 aliphatic heterocycles. The zero-order chi connectivity index (χ0) is 16.2. The molecule has 2 aliphatic rings. The molecule has 0 radical (unpaired) electrons. The van der Waals surface area contributed by atoms with E-state index in [1.807, 2.05) is 0 Å². The Hall–Kier alpha value is -0.770. The highest BCUT2D eigenvalue weighted by Gasteiger charge is 2.22. The maximum absolute atomic E-state index is 6.47. The van der Waals surface area contributed by atoms with Crippen molar-refractivity contribution in [2.24, 2.45) is 11.7 Å². The minimum Gasteiger partial charge on any atom is -0.368 e. The molecule has 1 saturated carbocycles. The Bertz CT molecular complexity index is 503. The summed E-state index contributed by atoms with van der Waals surface area (Å²) in [4.78, 5) is 5.06. The van der Waals surface area contributed by atoms with E-state index in [-0.39, 0.29) is 0 Å². The lowest BCUT2D eigenvalue weighted by Crippen LogP contribution is -2.47. The van der Waals surface area contributed by atoms with E-state index in [1.54, 1.807) is 0 Å². The predicted molar refractivity (Wildman–Crippen MR) is 99.4 cm³/mol. The van der Waals surface area contributed by atoms with E-state index in [9.17, 15) is 0 Å². The number of nitrogens with zero attached hydrogens (tertiary/aromatic N) is 2. The standard InChI is InChI=1S/C19H30ClN3/c1-15-3-2-4-18(19(15)20)23-13-11-22(12-14-23)10-9-16-5-7-17(21)8-6-16/h2-4,16-17H,5-14,21H2,1H3. The molecule has 23 heavy (non-hydrogen) atoms. The number of anilines is 1. The van der Waals surface area contributed by atoms with E-state index in [0.29, 0.717) is 6.04 Å². The molecule has 1 aromatic carbocycles. The van der Waals surface area contributed by atoms with Gasteiger partial charge >= 0.3 is 0 Å². The number of hydrogen-bond acceptors (Lipinski definition) is 3. The zero-order valence-electron chi connectivity index (χ0n) is 14.3. The fourth-order valence-corrected chi connectivity index (χ4v) is 4.18. The smallest absolute Gasteiger partial charge is 0.0668 e. The second kappa shape index (κ2) is 7.87. The second-order valence-corrected chi connectivity index (χ2v) is 7.68. The Balaban J connectivity index is 1.44. The summed E-state index contributed by atoms with van der Waals surface area (Å²) in [6.07, 6.45) is 6.46. The van der Waals surface area contributed by atoms with Gasteiger partial charge in [0, 0.05) is 32.2 Å². The van der Waals surface area contributed by atoms with E-state index in [4.69, 9.17) is 17.3 Å². The summed E-state index contributed by atoms with van der Waals surface area (Å²) in [5, 5.41) is 0.916. The van der Waals surface area contributed by atoms with Gasteiger partial charge in [-0.15, -0.1) is 0 Å². The van der Waals surface area contributed by atoms with Crippen molar-refractivity contribution in [3.05, 3.63) is 28.8 Å². The second-order valence-electron chi connectivity index (χ2n) is 7.31. The average molecular weight is 336 g/mol. The molecule has 0 amide bonds. The molecule has 0 atom stereocenters. The third kappa shape index (κ3) is 4.40. The number of aryl methyl sites for hydroxylation is 1. The lowest BCUT2D eigenvalue weighted by Gasteiger charge is -2.37. The van der Waals surface area contributed by atoms with Crippen molar-refractivity contribution >= 4 is 17.3 Å². The van der Waals surface area contributed by atoms with Crippen molar-refractivity contribution in [3.63, 3.8) is 0 Å². The molecule has 0 unspecified atom stereocenters. The van der Waals surface area contributed by atoms with Crippen LogP contribution in [0, 0.1) is 12.8 Å². The van der Waals surface area contributed by atoms with Crippen LogP contribution in [0.3, 0.4) is 0 Å². The molecule has 1 aromatic rings. The highest BCUT2D eigenvalue weighted by atomic mass is 35.5. The number of piperazine rings is 1. The largest absolute Gasteiger partial charge is 0.368 e. The summed E-state index contributed by atoms with van der Waals surface area (Å²) in [5.41, 5.74) is 8.37. The van der Waals surface area contributed by atoms with Gasteiger partial charge in [0.15, 0.2) is 0 Å². The van der Waals surface area contributed by atoms with Crippen molar-refractivity contribution in [2.45, 2.75) is 45.1 Å². The Morgan fingerprint density at radius 3 is 2.48 bits per heavy atom.